The summed E-state index contributed by atoms with van der Waals surface area (Å²) in [4.78, 5) is 15.2. The summed E-state index contributed by atoms with van der Waals surface area (Å²) < 4.78 is 2.39. The first-order valence-corrected chi connectivity index (χ1v) is 12.9. The molecule has 4 nitrogen and oxygen atoms in total. The van der Waals surface area contributed by atoms with Gasteiger partial charge >= 0.3 is 0 Å². The van der Waals surface area contributed by atoms with Gasteiger partial charge in [-0.1, -0.05) is 78.3 Å². The van der Waals surface area contributed by atoms with Gasteiger partial charge in [0.15, 0.2) is 0 Å². The van der Waals surface area contributed by atoms with Gasteiger partial charge in [0.1, 0.15) is 0 Å². The van der Waals surface area contributed by atoms with E-state index in [4.69, 9.17) is 11.6 Å². The van der Waals surface area contributed by atoms with Gasteiger partial charge in [0.05, 0.1) is 0 Å². The van der Waals surface area contributed by atoms with Crippen LogP contribution in [-0.2, 0) is 24.3 Å². The van der Waals surface area contributed by atoms with Gasteiger partial charge in [0.2, 0.25) is 5.91 Å². The van der Waals surface area contributed by atoms with Gasteiger partial charge in [0.25, 0.3) is 0 Å². The van der Waals surface area contributed by atoms with Crippen LogP contribution in [0.3, 0.4) is 0 Å². The van der Waals surface area contributed by atoms with Crippen molar-refractivity contribution < 1.29 is 4.79 Å². The minimum atomic E-state index is 0.107. The van der Waals surface area contributed by atoms with E-state index in [9.17, 15) is 4.79 Å². The van der Waals surface area contributed by atoms with Crippen molar-refractivity contribution in [3.63, 3.8) is 0 Å². The Morgan fingerprint density at radius 2 is 1.60 bits per heavy atom. The molecule has 180 valence electrons. The zero-order chi connectivity index (χ0) is 24.0. The molecule has 0 atom stereocenters. The Morgan fingerprint density at radius 1 is 0.886 bits per heavy atom. The van der Waals surface area contributed by atoms with Gasteiger partial charge in [-0.2, -0.15) is 0 Å². The number of carbonyl (C=O) groups is 1. The third-order valence-electron chi connectivity index (χ3n) is 7.08. The number of halogens is 1. The molecule has 0 radical (unpaired) electrons. The summed E-state index contributed by atoms with van der Waals surface area (Å²) in [6.07, 6.45) is 2.69. The Morgan fingerprint density at radius 3 is 2.40 bits per heavy atom. The summed E-state index contributed by atoms with van der Waals surface area (Å²) in [5.74, 6) is 0.310. The van der Waals surface area contributed by atoms with Crippen LogP contribution >= 0.6 is 11.6 Å². The van der Waals surface area contributed by atoms with Gasteiger partial charge < -0.3 is 9.88 Å². The van der Waals surface area contributed by atoms with Crippen molar-refractivity contribution in [1.82, 2.24) is 14.8 Å². The molecule has 0 bridgehead atoms. The van der Waals surface area contributed by atoms with E-state index in [1.54, 1.807) is 0 Å². The molecule has 1 fully saturated rings. The Bertz CT molecular complexity index is 1280. The van der Waals surface area contributed by atoms with Crippen LogP contribution in [0.2, 0.25) is 5.02 Å². The van der Waals surface area contributed by atoms with E-state index in [1.807, 2.05) is 36.4 Å². The van der Waals surface area contributed by atoms with E-state index < -0.39 is 0 Å². The summed E-state index contributed by atoms with van der Waals surface area (Å²) in [7, 11) is 0. The number of hydrogen-bond donors (Lipinski definition) is 1. The molecular formula is C30H32ClN3O. The van der Waals surface area contributed by atoms with Crippen LogP contribution in [0.15, 0.2) is 84.9 Å². The molecular weight excluding hydrogens is 454 g/mol. The zero-order valence-corrected chi connectivity index (χ0v) is 20.8. The number of hydrogen-bond acceptors (Lipinski definition) is 2. The van der Waals surface area contributed by atoms with E-state index in [1.165, 1.54) is 22.2 Å². The topological polar surface area (TPSA) is 37.3 Å². The number of amides is 1. The predicted octanol–water partition coefficient (Wildman–Crippen LogP) is 5.91. The first-order valence-electron chi connectivity index (χ1n) is 12.5. The monoisotopic (exact) mass is 485 g/mol. The number of aromatic nitrogens is 1. The highest BCUT2D eigenvalue weighted by Crippen LogP contribution is 2.26. The lowest BCUT2D eigenvalue weighted by atomic mass is 9.95. The van der Waals surface area contributed by atoms with Crippen LogP contribution < -0.4 is 5.32 Å². The molecule has 2 heterocycles. The molecule has 1 aromatic heterocycles. The van der Waals surface area contributed by atoms with Crippen LogP contribution in [0.5, 0.6) is 0 Å². The second-order valence-corrected chi connectivity index (χ2v) is 9.86. The Balaban J connectivity index is 1.20. The third-order valence-corrected chi connectivity index (χ3v) is 7.45. The standard InChI is InChI=1S/C30H32ClN3O/c31-28-12-6-4-11-26(28)21-34-27(20-25-10-5-7-13-29(25)34)22-33-18-15-24(16-19-33)30(35)32-17-14-23-8-2-1-3-9-23/h1-13,20,24H,14-19,21-22H2,(H,32,35). The summed E-state index contributed by atoms with van der Waals surface area (Å²) in [6.45, 7) is 4.20. The van der Waals surface area contributed by atoms with E-state index in [0.29, 0.717) is 6.54 Å². The maximum atomic E-state index is 12.7. The van der Waals surface area contributed by atoms with Crippen molar-refractivity contribution in [2.45, 2.75) is 32.4 Å². The molecule has 0 unspecified atom stereocenters. The van der Waals surface area contributed by atoms with Crippen molar-refractivity contribution in [2.24, 2.45) is 5.92 Å². The lowest BCUT2D eigenvalue weighted by molar-refractivity contribution is -0.126. The molecule has 0 spiro atoms. The Kier molecular flexibility index (Phi) is 7.51. The molecule has 1 saturated heterocycles. The number of carbonyl (C=O) groups excluding carboxylic acids is 1. The van der Waals surface area contributed by atoms with Crippen LogP contribution in [0.4, 0.5) is 0 Å². The normalized spacial score (nSPS) is 14.9. The quantitative estimate of drug-likeness (QED) is 0.336. The Labute approximate surface area is 212 Å². The van der Waals surface area contributed by atoms with E-state index >= 15 is 0 Å². The number of fused-ring (bicyclic) bond motifs is 1. The largest absolute Gasteiger partial charge is 0.356 e. The van der Waals surface area contributed by atoms with Gasteiger partial charge in [-0.05, 0) is 67.1 Å². The smallest absolute Gasteiger partial charge is 0.223 e. The number of nitrogens with one attached hydrogen (secondary N) is 1. The molecule has 5 rings (SSSR count). The summed E-state index contributed by atoms with van der Waals surface area (Å²) in [5, 5.41) is 5.20. The minimum absolute atomic E-state index is 0.107. The highest BCUT2D eigenvalue weighted by atomic mass is 35.5. The van der Waals surface area contributed by atoms with Crippen molar-refractivity contribution in [1.29, 1.82) is 0 Å². The average Bonchev–Trinajstić information content (AvgIpc) is 3.23. The predicted molar refractivity (Wildman–Crippen MR) is 144 cm³/mol. The van der Waals surface area contributed by atoms with Crippen molar-refractivity contribution in [3.05, 3.63) is 107 Å². The van der Waals surface area contributed by atoms with Gasteiger partial charge in [-0.3, -0.25) is 9.69 Å². The molecule has 0 saturated carbocycles. The second kappa shape index (κ2) is 11.1. The van der Waals surface area contributed by atoms with Crippen molar-refractivity contribution in [3.8, 4) is 0 Å². The van der Waals surface area contributed by atoms with Gasteiger partial charge in [0, 0.05) is 41.8 Å². The molecule has 1 aliphatic rings. The van der Waals surface area contributed by atoms with E-state index in [-0.39, 0.29) is 11.8 Å². The molecule has 1 N–H and O–H groups in total. The fourth-order valence-electron chi connectivity index (χ4n) is 5.08. The summed E-state index contributed by atoms with van der Waals surface area (Å²) in [6, 6.07) is 29.2. The van der Waals surface area contributed by atoms with Crippen LogP contribution in [0.25, 0.3) is 10.9 Å². The molecule has 35 heavy (non-hydrogen) atoms. The molecule has 1 amide bonds. The number of benzene rings is 3. The van der Waals surface area contributed by atoms with Crippen molar-refractivity contribution in [2.75, 3.05) is 19.6 Å². The molecule has 1 aliphatic heterocycles. The highest BCUT2D eigenvalue weighted by Gasteiger charge is 2.25. The number of nitrogens with zero attached hydrogens (tertiary/aromatic N) is 2. The first kappa shape index (κ1) is 23.7. The number of likely N-dealkylation sites (tertiary alicyclic amines) is 1. The van der Waals surface area contributed by atoms with E-state index in [2.05, 4.69) is 63.3 Å². The molecule has 5 heteroatoms. The van der Waals surface area contributed by atoms with E-state index in [0.717, 1.165) is 56.0 Å². The Hall–Kier alpha value is -3.08. The number of rotatable bonds is 8. The van der Waals surface area contributed by atoms with Crippen molar-refractivity contribution >= 4 is 28.4 Å². The molecule has 4 aromatic rings. The first-order chi connectivity index (χ1) is 17.2. The van der Waals surface area contributed by atoms with Gasteiger partial charge in [-0.15, -0.1) is 0 Å². The minimum Gasteiger partial charge on any atom is -0.356 e. The SMILES string of the molecule is O=C(NCCc1ccccc1)C1CCN(Cc2cc3ccccc3n2Cc2ccccc2Cl)CC1. The second-order valence-electron chi connectivity index (χ2n) is 9.45. The van der Waals surface area contributed by atoms with Crippen LogP contribution in [-0.4, -0.2) is 35.0 Å². The summed E-state index contributed by atoms with van der Waals surface area (Å²) >= 11 is 6.49. The lowest BCUT2D eigenvalue weighted by Gasteiger charge is -2.31. The number of para-hydroxylation sites is 1. The molecule has 0 aliphatic carbocycles. The maximum absolute atomic E-state index is 12.7. The zero-order valence-electron chi connectivity index (χ0n) is 20.0. The third kappa shape index (κ3) is 5.77. The number of piperidine rings is 1. The molecule has 3 aromatic carbocycles. The van der Waals surface area contributed by atoms with Gasteiger partial charge in [-0.25, -0.2) is 0 Å². The lowest BCUT2D eigenvalue weighted by Crippen LogP contribution is -2.40. The summed E-state index contributed by atoms with van der Waals surface area (Å²) in [5.41, 5.74) is 4.91. The fourth-order valence-corrected chi connectivity index (χ4v) is 5.28. The van der Waals surface area contributed by atoms with Crippen LogP contribution in [0, 0.1) is 5.92 Å². The highest BCUT2D eigenvalue weighted by molar-refractivity contribution is 6.31. The maximum Gasteiger partial charge on any atom is 0.223 e. The average molecular weight is 486 g/mol. The van der Waals surface area contributed by atoms with Crippen LogP contribution in [0.1, 0.15) is 29.7 Å². The fraction of sp³-hybridized carbons (Fsp3) is 0.300.